The molecule has 4 nitrogen and oxygen atoms in total. The normalized spacial score (nSPS) is 10.1. The van der Waals surface area contributed by atoms with E-state index in [0.29, 0.717) is 16.9 Å². The Kier molecular flexibility index (Phi) is 3.23. The Labute approximate surface area is 104 Å². The molecule has 0 aliphatic heterocycles. The lowest BCUT2D eigenvalue weighted by Gasteiger charge is -2.07. The highest BCUT2D eigenvalue weighted by Crippen LogP contribution is 2.15. The first-order chi connectivity index (χ1) is 8.58. The van der Waals surface area contributed by atoms with E-state index in [1.807, 2.05) is 0 Å². The fourth-order valence-electron chi connectivity index (χ4n) is 1.52. The van der Waals surface area contributed by atoms with Gasteiger partial charge in [-0.15, -0.1) is 0 Å². The van der Waals surface area contributed by atoms with Gasteiger partial charge in [0.25, 0.3) is 5.91 Å². The molecule has 1 heterocycles. The van der Waals surface area contributed by atoms with E-state index in [9.17, 15) is 9.18 Å². The molecule has 0 fully saturated rings. The van der Waals surface area contributed by atoms with E-state index >= 15 is 0 Å². The number of aromatic nitrogens is 1. The number of halogens is 1. The maximum absolute atomic E-state index is 13.1. The van der Waals surface area contributed by atoms with Crippen molar-refractivity contribution in [3.05, 3.63) is 53.6 Å². The van der Waals surface area contributed by atoms with Crippen molar-refractivity contribution < 1.29 is 9.18 Å². The van der Waals surface area contributed by atoms with E-state index in [-0.39, 0.29) is 11.5 Å². The van der Waals surface area contributed by atoms with Gasteiger partial charge in [0, 0.05) is 11.9 Å². The van der Waals surface area contributed by atoms with Crippen LogP contribution in [-0.2, 0) is 0 Å². The lowest BCUT2D eigenvalue weighted by Crippen LogP contribution is -2.15. The number of hydrogen-bond donors (Lipinski definition) is 2. The van der Waals surface area contributed by atoms with Crippen LogP contribution in [-0.4, -0.2) is 10.9 Å². The minimum atomic E-state index is -0.417. The predicted molar refractivity (Wildman–Crippen MR) is 67.7 cm³/mol. The molecule has 0 aliphatic rings. The maximum atomic E-state index is 13.1. The van der Waals surface area contributed by atoms with Gasteiger partial charge in [-0.1, -0.05) is 0 Å². The monoisotopic (exact) mass is 245 g/mol. The molecule has 2 rings (SSSR count). The number of nitrogen functional groups attached to an aromatic ring is 1. The number of carbonyl (C=O) groups excluding carboxylic acids is 1. The highest BCUT2D eigenvalue weighted by Gasteiger charge is 2.11. The third kappa shape index (κ3) is 2.45. The number of pyridine rings is 1. The van der Waals surface area contributed by atoms with Gasteiger partial charge >= 0.3 is 0 Å². The molecule has 0 spiro atoms. The Hall–Kier alpha value is -2.43. The Balaban J connectivity index is 2.22. The van der Waals surface area contributed by atoms with Crippen LogP contribution in [0.15, 0.2) is 36.5 Å². The third-order valence-electron chi connectivity index (χ3n) is 2.47. The van der Waals surface area contributed by atoms with E-state index in [1.165, 1.54) is 18.3 Å². The number of rotatable bonds is 2. The summed E-state index contributed by atoms with van der Waals surface area (Å²) >= 11 is 0. The van der Waals surface area contributed by atoms with E-state index in [4.69, 9.17) is 5.73 Å². The van der Waals surface area contributed by atoms with E-state index in [0.717, 1.165) is 0 Å². The van der Waals surface area contributed by atoms with Crippen molar-refractivity contribution in [3.8, 4) is 0 Å². The lowest BCUT2D eigenvalue weighted by atomic mass is 10.2. The van der Waals surface area contributed by atoms with Crippen LogP contribution < -0.4 is 11.1 Å². The molecule has 92 valence electrons. The Bertz CT molecular complexity index is 599. The number of benzene rings is 1. The van der Waals surface area contributed by atoms with Crippen molar-refractivity contribution in [3.63, 3.8) is 0 Å². The smallest absolute Gasteiger partial charge is 0.276 e. The van der Waals surface area contributed by atoms with Crippen molar-refractivity contribution >= 4 is 17.3 Å². The van der Waals surface area contributed by atoms with E-state index in [1.54, 1.807) is 25.1 Å². The molecule has 0 unspecified atom stereocenters. The van der Waals surface area contributed by atoms with Crippen LogP contribution in [0.2, 0.25) is 0 Å². The Morgan fingerprint density at radius 3 is 2.83 bits per heavy atom. The topological polar surface area (TPSA) is 68.0 Å². The van der Waals surface area contributed by atoms with E-state index in [2.05, 4.69) is 10.3 Å². The van der Waals surface area contributed by atoms with Crippen molar-refractivity contribution in [2.45, 2.75) is 6.92 Å². The van der Waals surface area contributed by atoms with Gasteiger partial charge in [0.2, 0.25) is 0 Å². The molecule has 0 atom stereocenters. The molecule has 5 heteroatoms. The highest BCUT2D eigenvalue weighted by atomic mass is 19.1. The molecule has 1 aromatic carbocycles. The van der Waals surface area contributed by atoms with Crippen LogP contribution in [0.25, 0.3) is 0 Å². The minimum absolute atomic E-state index is 0.152. The quantitative estimate of drug-likeness (QED) is 0.853. The summed E-state index contributed by atoms with van der Waals surface area (Å²) in [4.78, 5) is 15.8. The zero-order chi connectivity index (χ0) is 13.1. The van der Waals surface area contributed by atoms with Crippen molar-refractivity contribution in [2.75, 3.05) is 11.1 Å². The standard InChI is InChI=1S/C13H12FN3O/c1-8-7-9(4-5-10(8)14)17-13(18)12-11(15)3-2-6-16-12/h2-7H,15H2,1H3,(H,17,18). The number of anilines is 2. The van der Waals surface area contributed by atoms with Gasteiger partial charge in [0.15, 0.2) is 5.69 Å². The second kappa shape index (κ2) is 4.83. The first-order valence-electron chi connectivity index (χ1n) is 5.36. The van der Waals surface area contributed by atoms with E-state index < -0.39 is 5.91 Å². The average Bonchev–Trinajstić information content (AvgIpc) is 2.34. The number of nitrogens with zero attached hydrogens (tertiary/aromatic N) is 1. The van der Waals surface area contributed by atoms with Gasteiger partial charge < -0.3 is 11.1 Å². The van der Waals surface area contributed by atoms with Crippen LogP contribution >= 0.6 is 0 Å². The largest absolute Gasteiger partial charge is 0.397 e. The summed E-state index contributed by atoms with van der Waals surface area (Å²) < 4.78 is 13.1. The summed E-state index contributed by atoms with van der Waals surface area (Å²) in [5.41, 5.74) is 7.06. The fourth-order valence-corrected chi connectivity index (χ4v) is 1.52. The molecule has 3 N–H and O–H groups in total. The van der Waals surface area contributed by atoms with Crippen LogP contribution in [0.5, 0.6) is 0 Å². The second-order valence-corrected chi connectivity index (χ2v) is 3.86. The molecule has 18 heavy (non-hydrogen) atoms. The molecule has 0 saturated heterocycles. The fraction of sp³-hybridized carbons (Fsp3) is 0.0769. The van der Waals surface area contributed by atoms with Gasteiger partial charge in [-0.25, -0.2) is 9.37 Å². The minimum Gasteiger partial charge on any atom is -0.397 e. The summed E-state index contributed by atoms with van der Waals surface area (Å²) in [6, 6.07) is 7.57. The Morgan fingerprint density at radius 2 is 2.17 bits per heavy atom. The molecule has 0 saturated carbocycles. The summed E-state index contributed by atoms with van der Waals surface area (Å²) in [6.45, 7) is 1.63. The first kappa shape index (κ1) is 12.0. The SMILES string of the molecule is Cc1cc(NC(=O)c2ncccc2N)ccc1F. The third-order valence-corrected chi connectivity index (χ3v) is 2.47. The van der Waals surface area contributed by atoms with Crippen LogP contribution in [0.3, 0.4) is 0 Å². The summed E-state index contributed by atoms with van der Waals surface area (Å²) in [7, 11) is 0. The van der Waals surface area contributed by atoms with Crippen molar-refractivity contribution in [1.82, 2.24) is 4.98 Å². The molecule has 1 aromatic heterocycles. The molecule has 0 radical (unpaired) electrons. The number of amides is 1. The van der Waals surface area contributed by atoms with Gasteiger partial charge in [0.1, 0.15) is 5.82 Å². The summed E-state index contributed by atoms with van der Waals surface area (Å²) in [6.07, 6.45) is 1.49. The number of nitrogens with one attached hydrogen (secondary N) is 1. The summed E-state index contributed by atoms with van der Waals surface area (Å²) in [5.74, 6) is -0.732. The van der Waals surface area contributed by atoms with Crippen molar-refractivity contribution in [1.29, 1.82) is 0 Å². The maximum Gasteiger partial charge on any atom is 0.276 e. The molecular formula is C13H12FN3O. The van der Waals surface area contributed by atoms with Gasteiger partial charge in [0.05, 0.1) is 5.69 Å². The molecule has 1 amide bonds. The summed E-state index contributed by atoms with van der Waals surface area (Å²) in [5, 5.41) is 2.62. The van der Waals surface area contributed by atoms with Gasteiger partial charge in [-0.3, -0.25) is 4.79 Å². The number of hydrogen-bond acceptors (Lipinski definition) is 3. The zero-order valence-corrected chi connectivity index (χ0v) is 9.77. The number of aryl methyl sites for hydroxylation is 1. The van der Waals surface area contributed by atoms with Gasteiger partial charge in [-0.2, -0.15) is 0 Å². The lowest BCUT2D eigenvalue weighted by molar-refractivity contribution is 0.102. The first-order valence-corrected chi connectivity index (χ1v) is 5.36. The molecule has 0 aliphatic carbocycles. The number of carbonyl (C=O) groups is 1. The van der Waals surface area contributed by atoms with Gasteiger partial charge in [-0.05, 0) is 42.8 Å². The average molecular weight is 245 g/mol. The second-order valence-electron chi connectivity index (χ2n) is 3.86. The predicted octanol–water partition coefficient (Wildman–Crippen LogP) is 2.36. The molecule has 0 bridgehead atoms. The highest BCUT2D eigenvalue weighted by molar-refractivity contribution is 6.06. The molecule has 2 aromatic rings. The number of nitrogens with two attached hydrogens (primary N) is 1. The molecular weight excluding hydrogens is 233 g/mol. The van der Waals surface area contributed by atoms with Crippen LogP contribution in [0.1, 0.15) is 16.1 Å². The van der Waals surface area contributed by atoms with Crippen LogP contribution in [0, 0.1) is 12.7 Å². The van der Waals surface area contributed by atoms with Crippen LogP contribution in [0.4, 0.5) is 15.8 Å². The zero-order valence-electron chi connectivity index (χ0n) is 9.77. The van der Waals surface area contributed by atoms with Crippen molar-refractivity contribution in [2.24, 2.45) is 0 Å². The Morgan fingerprint density at radius 1 is 1.39 bits per heavy atom.